The second-order valence-corrected chi connectivity index (χ2v) is 19.6. The molecule has 2 nitrogen and oxygen atoms in total. The van der Waals surface area contributed by atoms with E-state index in [2.05, 4.69) is 217 Å². The van der Waals surface area contributed by atoms with Crippen molar-refractivity contribution in [2.24, 2.45) is 0 Å². The van der Waals surface area contributed by atoms with E-state index in [1.54, 1.807) is 0 Å². The van der Waals surface area contributed by atoms with Gasteiger partial charge in [-0.15, -0.1) is 0 Å². The lowest BCUT2D eigenvalue weighted by molar-refractivity contribution is 0.732. The number of aromatic nitrogens is 1. The molecule has 3 heterocycles. The van der Waals surface area contributed by atoms with E-state index in [4.69, 9.17) is 0 Å². The molecule has 0 radical (unpaired) electrons. The van der Waals surface area contributed by atoms with Crippen LogP contribution in [0.4, 0.5) is 17.1 Å². The van der Waals surface area contributed by atoms with Crippen molar-refractivity contribution in [2.45, 2.75) is 18.5 Å². The summed E-state index contributed by atoms with van der Waals surface area (Å²) in [7, 11) is -2.11. The first-order chi connectivity index (χ1) is 26.6. The summed E-state index contributed by atoms with van der Waals surface area (Å²) < 4.78 is 2.54. The molecule has 1 unspecified atom stereocenters. The van der Waals surface area contributed by atoms with E-state index < -0.39 is 13.5 Å². The maximum Gasteiger partial charge on any atom is 0.113 e. The molecule has 1 spiro atoms. The van der Waals surface area contributed by atoms with Gasteiger partial charge in [-0.2, -0.15) is 0 Å². The summed E-state index contributed by atoms with van der Waals surface area (Å²) in [6.45, 7) is 5.08. The van der Waals surface area contributed by atoms with Crippen LogP contribution in [0.25, 0.3) is 38.6 Å². The zero-order valence-corrected chi connectivity index (χ0v) is 31.4. The maximum absolute atomic E-state index is 2.55. The fourth-order valence-corrected chi connectivity index (χ4v) is 13.1. The van der Waals surface area contributed by atoms with Crippen LogP contribution < -0.4 is 15.3 Å². The van der Waals surface area contributed by atoms with E-state index in [9.17, 15) is 0 Å². The summed E-state index contributed by atoms with van der Waals surface area (Å²) >= 11 is 0. The first kappa shape index (κ1) is 31.1. The minimum atomic E-state index is -2.11. The van der Waals surface area contributed by atoms with Crippen molar-refractivity contribution in [3.8, 4) is 16.8 Å². The third-order valence-corrected chi connectivity index (χ3v) is 15.8. The molecule has 54 heavy (non-hydrogen) atoms. The van der Waals surface area contributed by atoms with Gasteiger partial charge in [0.1, 0.15) is 8.07 Å². The van der Waals surface area contributed by atoms with Gasteiger partial charge in [-0.3, -0.25) is 0 Å². The van der Waals surface area contributed by atoms with E-state index in [-0.39, 0.29) is 0 Å². The number of fused-ring (bicyclic) bond motifs is 11. The highest BCUT2D eigenvalue weighted by molar-refractivity contribution is 7.01. The van der Waals surface area contributed by atoms with Crippen LogP contribution in [0.2, 0.25) is 13.1 Å². The standard InChI is InChI=1S/C51H38N2Si/c1-54(2)48-27-14-11-23-43(48)51(42-22-10-13-26-47(42)53-46-25-12-9-20-40(46)41-21-15-24-44(51)50(41)53)45-34-36(30-33-49(45)54)35-28-31-39(32-29-35)52(37-16-5-3-6-17-37)38-18-7-4-8-19-38/h3-34H,1-2H3. The number of para-hydroxylation sites is 5. The average molecular weight is 707 g/mol. The summed E-state index contributed by atoms with van der Waals surface area (Å²) in [6, 6.07) is 72.3. The zero-order valence-electron chi connectivity index (χ0n) is 30.4. The Bertz CT molecular complexity index is 2870. The van der Waals surface area contributed by atoms with Gasteiger partial charge in [0.2, 0.25) is 0 Å². The Kier molecular flexibility index (Phi) is 6.65. The predicted octanol–water partition coefficient (Wildman–Crippen LogP) is 11.8. The largest absolute Gasteiger partial charge is 0.311 e. The zero-order chi connectivity index (χ0) is 36.0. The lowest BCUT2D eigenvalue weighted by Gasteiger charge is -2.49. The van der Waals surface area contributed by atoms with E-state index in [0.717, 1.165) is 17.1 Å². The normalized spacial score (nSPS) is 16.2. The number of hydrogen-bond acceptors (Lipinski definition) is 1. The Labute approximate surface area is 317 Å². The summed E-state index contributed by atoms with van der Waals surface area (Å²) in [5.41, 5.74) is 14.8. The van der Waals surface area contributed by atoms with Crippen molar-refractivity contribution in [3.05, 3.63) is 216 Å². The Morgan fingerprint density at radius 1 is 0.426 bits per heavy atom. The van der Waals surface area contributed by atoms with Gasteiger partial charge in [-0.1, -0.05) is 153 Å². The molecular weight excluding hydrogens is 669 g/mol. The SMILES string of the molecule is C[Si]1(C)c2ccccc2C2(c3ccccc3-n3c4ccccc4c4cccc2c43)c2cc(-c3ccc(N(c4ccccc4)c4ccccc4)cc3)ccc21. The van der Waals surface area contributed by atoms with Crippen molar-refractivity contribution >= 4 is 57.3 Å². The van der Waals surface area contributed by atoms with Crippen LogP contribution in [-0.2, 0) is 5.41 Å². The van der Waals surface area contributed by atoms with Crippen LogP contribution in [0.5, 0.6) is 0 Å². The monoisotopic (exact) mass is 706 g/mol. The summed E-state index contributed by atoms with van der Waals surface area (Å²) in [5, 5.41) is 5.64. The molecule has 8 aromatic carbocycles. The molecule has 0 amide bonds. The molecule has 9 aromatic rings. The van der Waals surface area contributed by atoms with Crippen molar-refractivity contribution < 1.29 is 0 Å². The van der Waals surface area contributed by atoms with Crippen molar-refractivity contribution in [2.75, 3.05) is 4.90 Å². The van der Waals surface area contributed by atoms with Crippen LogP contribution in [0.3, 0.4) is 0 Å². The first-order valence-electron chi connectivity index (χ1n) is 18.9. The third-order valence-electron chi connectivity index (χ3n) is 12.2. The number of rotatable bonds is 4. The molecule has 0 fully saturated rings. The summed E-state index contributed by atoms with van der Waals surface area (Å²) in [5.74, 6) is 0. The van der Waals surface area contributed by atoms with Crippen LogP contribution in [0.1, 0.15) is 22.3 Å². The second-order valence-electron chi connectivity index (χ2n) is 15.3. The fraction of sp³-hybridized carbons (Fsp3) is 0.0588. The van der Waals surface area contributed by atoms with Crippen molar-refractivity contribution in [3.63, 3.8) is 0 Å². The van der Waals surface area contributed by atoms with E-state index >= 15 is 0 Å². The molecule has 1 atom stereocenters. The molecular formula is C51H38N2Si. The minimum absolute atomic E-state index is 0.484. The highest BCUT2D eigenvalue weighted by Crippen LogP contribution is 2.55. The lowest BCUT2D eigenvalue weighted by Crippen LogP contribution is -2.63. The van der Waals surface area contributed by atoms with E-state index in [1.807, 2.05) is 0 Å². The highest BCUT2D eigenvalue weighted by atomic mass is 28.3. The molecule has 11 rings (SSSR count). The van der Waals surface area contributed by atoms with Crippen molar-refractivity contribution in [1.82, 2.24) is 4.57 Å². The number of hydrogen-bond donors (Lipinski definition) is 0. The van der Waals surface area contributed by atoms with E-state index in [1.165, 1.54) is 71.2 Å². The first-order valence-corrected chi connectivity index (χ1v) is 21.9. The number of nitrogens with zero attached hydrogens (tertiary/aromatic N) is 2. The van der Waals surface area contributed by atoms with Crippen LogP contribution in [0.15, 0.2) is 194 Å². The Balaban J connectivity index is 1.17. The molecule has 0 N–H and O–H groups in total. The molecule has 0 bridgehead atoms. The fourth-order valence-electron chi connectivity index (χ4n) is 9.91. The van der Waals surface area contributed by atoms with Gasteiger partial charge in [0.15, 0.2) is 0 Å². The molecule has 0 aliphatic carbocycles. The lowest BCUT2D eigenvalue weighted by atomic mass is 9.62. The van der Waals surface area contributed by atoms with E-state index in [0.29, 0.717) is 0 Å². The van der Waals surface area contributed by atoms with Crippen LogP contribution in [0, 0.1) is 0 Å². The van der Waals surface area contributed by atoms with Gasteiger partial charge in [0.25, 0.3) is 0 Å². The van der Waals surface area contributed by atoms with Crippen molar-refractivity contribution in [1.29, 1.82) is 0 Å². The quantitative estimate of drug-likeness (QED) is 0.165. The van der Waals surface area contributed by atoms with Gasteiger partial charge in [0, 0.05) is 27.8 Å². The Morgan fingerprint density at radius 3 is 1.74 bits per heavy atom. The van der Waals surface area contributed by atoms with Gasteiger partial charge in [0.05, 0.1) is 22.1 Å². The molecule has 2 aliphatic heterocycles. The molecule has 256 valence electrons. The number of anilines is 3. The molecule has 3 heteroatoms. The Hall–Kier alpha value is -6.42. The average Bonchev–Trinajstić information content (AvgIpc) is 3.57. The van der Waals surface area contributed by atoms with Gasteiger partial charge in [-0.25, -0.2) is 0 Å². The topological polar surface area (TPSA) is 8.17 Å². The molecule has 1 aromatic heterocycles. The molecule has 2 aliphatic rings. The summed E-state index contributed by atoms with van der Waals surface area (Å²) in [6.07, 6.45) is 0. The molecule has 0 saturated carbocycles. The number of benzene rings is 8. The van der Waals surface area contributed by atoms with Gasteiger partial charge in [-0.05, 0) is 98.4 Å². The third kappa shape index (κ3) is 4.16. The summed E-state index contributed by atoms with van der Waals surface area (Å²) in [4.78, 5) is 2.33. The smallest absolute Gasteiger partial charge is 0.113 e. The van der Waals surface area contributed by atoms with Crippen LogP contribution >= 0.6 is 0 Å². The van der Waals surface area contributed by atoms with Gasteiger partial charge < -0.3 is 9.47 Å². The predicted molar refractivity (Wildman–Crippen MR) is 230 cm³/mol. The van der Waals surface area contributed by atoms with Crippen LogP contribution in [-0.4, -0.2) is 12.6 Å². The van der Waals surface area contributed by atoms with Gasteiger partial charge >= 0.3 is 0 Å². The highest BCUT2D eigenvalue weighted by Gasteiger charge is 2.53. The molecule has 0 saturated heterocycles. The second kappa shape index (κ2) is 11.5. The maximum atomic E-state index is 2.55. The Morgan fingerprint density at radius 2 is 0.981 bits per heavy atom. The minimum Gasteiger partial charge on any atom is -0.311 e.